The minimum absolute atomic E-state index is 0.0197. The van der Waals surface area contributed by atoms with Gasteiger partial charge in [-0.05, 0) is 55.5 Å². The van der Waals surface area contributed by atoms with Crippen LogP contribution in [-0.2, 0) is 0 Å². The molecule has 3 rings (SSSR count). The first-order valence-electron chi connectivity index (χ1n) is 8.74. The summed E-state index contributed by atoms with van der Waals surface area (Å²) in [6.45, 7) is 5.87. The topological polar surface area (TPSA) is 54.5 Å². The lowest BCUT2D eigenvalue weighted by Gasteiger charge is -2.30. The maximum atomic E-state index is 12.6. The van der Waals surface area contributed by atoms with Gasteiger partial charge in [-0.3, -0.25) is 4.79 Å². The molecule has 0 radical (unpaired) electrons. The Kier molecular flexibility index (Phi) is 5.22. The number of pyridine rings is 1. The highest BCUT2D eigenvalue weighted by molar-refractivity contribution is 5.92. The first-order chi connectivity index (χ1) is 12.1. The number of hydrogen-bond acceptors (Lipinski definition) is 4. The minimum atomic E-state index is 0.0197. The molecule has 2 heterocycles. The van der Waals surface area contributed by atoms with Crippen LogP contribution in [0.5, 0.6) is 5.75 Å². The number of anilines is 2. The number of carbonyl (C=O) groups excluding carboxylic acids is 1. The summed E-state index contributed by atoms with van der Waals surface area (Å²) in [5.74, 6) is 1.35. The van der Waals surface area contributed by atoms with E-state index in [-0.39, 0.29) is 5.91 Å². The lowest BCUT2D eigenvalue weighted by Crippen LogP contribution is -2.39. The monoisotopic (exact) mass is 339 g/mol. The molecule has 1 aromatic heterocycles. The van der Waals surface area contributed by atoms with E-state index in [9.17, 15) is 4.79 Å². The van der Waals surface area contributed by atoms with Crippen molar-refractivity contribution in [2.45, 2.75) is 26.7 Å². The van der Waals surface area contributed by atoms with Crippen molar-refractivity contribution < 1.29 is 9.53 Å². The number of hydrogen-bond donors (Lipinski definition) is 1. The SMILES string of the molecule is COc1ccc(C)cc1Nc1ccc(C(=O)N2CCCC(C)C2)nc1. The second-order valence-electron chi connectivity index (χ2n) is 6.76. The van der Waals surface area contributed by atoms with Crippen LogP contribution < -0.4 is 10.1 Å². The van der Waals surface area contributed by atoms with Gasteiger partial charge in [0.15, 0.2) is 0 Å². The highest BCUT2D eigenvalue weighted by atomic mass is 16.5. The number of piperidine rings is 1. The van der Waals surface area contributed by atoms with Crippen LogP contribution in [0.3, 0.4) is 0 Å². The van der Waals surface area contributed by atoms with Crippen LogP contribution in [-0.4, -0.2) is 36.0 Å². The van der Waals surface area contributed by atoms with Crippen molar-refractivity contribution in [2.24, 2.45) is 5.92 Å². The van der Waals surface area contributed by atoms with Gasteiger partial charge in [-0.2, -0.15) is 0 Å². The summed E-state index contributed by atoms with van der Waals surface area (Å²) >= 11 is 0. The number of nitrogens with one attached hydrogen (secondary N) is 1. The van der Waals surface area contributed by atoms with Gasteiger partial charge in [0.05, 0.1) is 24.7 Å². The summed E-state index contributed by atoms with van der Waals surface area (Å²) in [6, 6.07) is 9.62. The zero-order valence-corrected chi connectivity index (χ0v) is 15.1. The van der Waals surface area contributed by atoms with Gasteiger partial charge in [-0.25, -0.2) is 4.98 Å². The summed E-state index contributed by atoms with van der Waals surface area (Å²) in [7, 11) is 1.65. The lowest BCUT2D eigenvalue weighted by molar-refractivity contribution is 0.0677. The highest BCUT2D eigenvalue weighted by Gasteiger charge is 2.22. The number of rotatable bonds is 4. The average Bonchev–Trinajstić information content (AvgIpc) is 2.62. The predicted octanol–water partition coefficient (Wildman–Crippen LogP) is 4.01. The van der Waals surface area contributed by atoms with Gasteiger partial charge in [-0.1, -0.05) is 13.0 Å². The number of amides is 1. The predicted molar refractivity (Wildman–Crippen MR) is 99.6 cm³/mol. The summed E-state index contributed by atoms with van der Waals surface area (Å²) < 4.78 is 5.38. The van der Waals surface area contributed by atoms with Crippen LogP contribution >= 0.6 is 0 Å². The van der Waals surface area contributed by atoms with E-state index in [0.717, 1.165) is 42.2 Å². The standard InChI is InChI=1S/C20H25N3O2/c1-14-6-9-19(25-3)18(11-14)22-16-7-8-17(21-12-16)20(24)23-10-4-5-15(2)13-23/h6-9,11-12,15,22H,4-5,10,13H2,1-3H3. The maximum absolute atomic E-state index is 12.6. The zero-order chi connectivity index (χ0) is 17.8. The van der Waals surface area contributed by atoms with Gasteiger partial charge in [0.25, 0.3) is 5.91 Å². The van der Waals surface area contributed by atoms with E-state index in [2.05, 4.69) is 17.2 Å². The van der Waals surface area contributed by atoms with Gasteiger partial charge < -0.3 is 15.0 Å². The van der Waals surface area contributed by atoms with Gasteiger partial charge >= 0.3 is 0 Å². The Labute approximate surface area is 149 Å². The molecule has 1 atom stereocenters. The van der Waals surface area contributed by atoms with Crippen LogP contribution in [0.25, 0.3) is 0 Å². The Morgan fingerprint density at radius 3 is 2.84 bits per heavy atom. The van der Waals surface area contributed by atoms with Crippen molar-refractivity contribution in [3.8, 4) is 5.75 Å². The van der Waals surface area contributed by atoms with Crippen LogP contribution in [0.4, 0.5) is 11.4 Å². The molecule has 132 valence electrons. The lowest BCUT2D eigenvalue weighted by atomic mass is 10.00. The Bertz CT molecular complexity index is 743. The summed E-state index contributed by atoms with van der Waals surface area (Å²) in [6.07, 6.45) is 3.96. The minimum Gasteiger partial charge on any atom is -0.495 e. The largest absolute Gasteiger partial charge is 0.495 e. The number of nitrogens with zero attached hydrogens (tertiary/aromatic N) is 2. The third-order valence-corrected chi connectivity index (χ3v) is 4.56. The molecule has 1 fully saturated rings. The van der Waals surface area contributed by atoms with Crippen molar-refractivity contribution in [3.05, 3.63) is 47.8 Å². The molecule has 1 saturated heterocycles. The summed E-state index contributed by atoms with van der Waals surface area (Å²) in [5, 5.41) is 3.30. The number of likely N-dealkylation sites (tertiary alicyclic amines) is 1. The molecule has 1 amide bonds. The number of methoxy groups -OCH3 is 1. The third-order valence-electron chi connectivity index (χ3n) is 4.56. The van der Waals surface area contributed by atoms with Crippen LogP contribution in [0.1, 0.15) is 35.8 Å². The highest BCUT2D eigenvalue weighted by Crippen LogP contribution is 2.28. The van der Waals surface area contributed by atoms with E-state index >= 15 is 0 Å². The molecular formula is C20H25N3O2. The molecular weight excluding hydrogens is 314 g/mol. The van der Waals surface area contributed by atoms with E-state index in [4.69, 9.17) is 4.74 Å². The molecule has 0 saturated carbocycles. The van der Waals surface area contributed by atoms with E-state index in [1.807, 2.05) is 36.1 Å². The van der Waals surface area contributed by atoms with Crippen LogP contribution in [0.15, 0.2) is 36.5 Å². The first kappa shape index (κ1) is 17.3. The molecule has 2 aromatic rings. The smallest absolute Gasteiger partial charge is 0.272 e. The Morgan fingerprint density at radius 2 is 2.16 bits per heavy atom. The Morgan fingerprint density at radius 1 is 1.32 bits per heavy atom. The van der Waals surface area contributed by atoms with E-state index < -0.39 is 0 Å². The molecule has 1 N–H and O–H groups in total. The molecule has 25 heavy (non-hydrogen) atoms. The number of carbonyl (C=O) groups is 1. The molecule has 0 aliphatic carbocycles. The number of ether oxygens (including phenoxy) is 1. The Balaban J connectivity index is 1.72. The number of aryl methyl sites for hydroxylation is 1. The Hall–Kier alpha value is -2.56. The summed E-state index contributed by atoms with van der Waals surface area (Å²) in [4.78, 5) is 18.9. The molecule has 0 spiro atoms. The zero-order valence-electron chi connectivity index (χ0n) is 15.1. The summed E-state index contributed by atoms with van der Waals surface area (Å²) in [5.41, 5.74) is 3.35. The van der Waals surface area contributed by atoms with Crippen LogP contribution in [0, 0.1) is 12.8 Å². The fourth-order valence-electron chi connectivity index (χ4n) is 3.21. The fourth-order valence-corrected chi connectivity index (χ4v) is 3.21. The van der Waals surface area contributed by atoms with E-state index in [1.54, 1.807) is 19.4 Å². The average molecular weight is 339 g/mol. The molecule has 5 nitrogen and oxygen atoms in total. The van der Waals surface area contributed by atoms with Crippen molar-refractivity contribution >= 4 is 17.3 Å². The van der Waals surface area contributed by atoms with Crippen molar-refractivity contribution in [3.63, 3.8) is 0 Å². The molecule has 1 unspecified atom stereocenters. The van der Waals surface area contributed by atoms with Gasteiger partial charge in [-0.15, -0.1) is 0 Å². The fraction of sp³-hybridized carbons (Fsp3) is 0.400. The van der Waals surface area contributed by atoms with Crippen molar-refractivity contribution in [1.29, 1.82) is 0 Å². The second-order valence-corrected chi connectivity index (χ2v) is 6.76. The van der Waals surface area contributed by atoms with E-state index in [0.29, 0.717) is 11.6 Å². The quantitative estimate of drug-likeness (QED) is 0.914. The van der Waals surface area contributed by atoms with Crippen LogP contribution in [0.2, 0.25) is 0 Å². The van der Waals surface area contributed by atoms with Crippen molar-refractivity contribution in [2.75, 3.05) is 25.5 Å². The van der Waals surface area contributed by atoms with Crippen molar-refractivity contribution in [1.82, 2.24) is 9.88 Å². The van der Waals surface area contributed by atoms with Gasteiger partial charge in [0, 0.05) is 13.1 Å². The molecule has 1 aromatic carbocycles. The second kappa shape index (κ2) is 7.55. The molecule has 1 aliphatic rings. The number of benzene rings is 1. The normalized spacial score (nSPS) is 17.2. The van der Waals surface area contributed by atoms with Gasteiger partial charge in [0.2, 0.25) is 0 Å². The molecule has 1 aliphatic heterocycles. The van der Waals surface area contributed by atoms with E-state index in [1.165, 1.54) is 6.42 Å². The molecule has 0 bridgehead atoms. The number of aromatic nitrogens is 1. The molecule has 5 heteroatoms. The third kappa shape index (κ3) is 4.10. The first-order valence-corrected chi connectivity index (χ1v) is 8.74. The van der Waals surface area contributed by atoms with Gasteiger partial charge in [0.1, 0.15) is 11.4 Å². The maximum Gasteiger partial charge on any atom is 0.272 e.